The quantitative estimate of drug-likeness (QED) is 0.898. The van der Waals surface area contributed by atoms with Gasteiger partial charge in [-0.25, -0.2) is 4.98 Å². The van der Waals surface area contributed by atoms with Gasteiger partial charge in [-0.1, -0.05) is 31.0 Å². The molecule has 5 heteroatoms. The highest BCUT2D eigenvalue weighted by Crippen LogP contribution is 2.32. The zero-order valence-electron chi connectivity index (χ0n) is 15.4. The lowest BCUT2D eigenvalue weighted by molar-refractivity contribution is -0.128. The van der Waals surface area contributed by atoms with E-state index in [9.17, 15) is 4.79 Å². The summed E-state index contributed by atoms with van der Waals surface area (Å²) in [7, 11) is 3.95. The number of carbonyl (C=O) groups excluding carboxylic acids is 1. The summed E-state index contributed by atoms with van der Waals surface area (Å²) in [5.41, 5.74) is 7.99. The summed E-state index contributed by atoms with van der Waals surface area (Å²) in [4.78, 5) is 19.4. The number of para-hydroxylation sites is 1. The van der Waals surface area contributed by atoms with E-state index in [-0.39, 0.29) is 11.8 Å². The van der Waals surface area contributed by atoms with Crippen LogP contribution in [0, 0.1) is 5.92 Å². The van der Waals surface area contributed by atoms with Crippen LogP contribution in [0.4, 0.5) is 5.82 Å². The fourth-order valence-corrected chi connectivity index (χ4v) is 3.70. The normalized spacial score (nSPS) is 23.4. The van der Waals surface area contributed by atoms with Crippen molar-refractivity contribution in [3.05, 3.63) is 35.9 Å². The topological polar surface area (TPSA) is 71.2 Å². The van der Waals surface area contributed by atoms with Crippen molar-refractivity contribution in [3.8, 4) is 0 Å². The van der Waals surface area contributed by atoms with Gasteiger partial charge in [-0.05, 0) is 37.5 Å². The number of fused-ring (bicyclic) bond motifs is 1. The Morgan fingerprint density at radius 3 is 2.84 bits per heavy atom. The molecule has 0 aliphatic heterocycles. The molecule has 3 rings (SSSR count). The fraction of sp³-hybridized carbons (Fsp3) is 0.500. The number of carbonyl (C=O) groups is 1. The van der Waals surface area contributed by atoms with Gasteiger partial charge in [0, 0.05) is 31.6 Å². The molecule has 2 unspecified atom stereocenters. The number of rotatable bonds is 4. The van der Waals surface area contributed by atoms with Crippen molar-refractivity contribution in [2.24, 2.45) is 11.7 Å². The predicted octanol–water partition coefficient (Wildman–Crippen LogP) is 2.82. The highest BCUT2D eigenvalue weighted by molar-refractivity contribution is 5.85. The van der Waals surface area contributed by atoms with E-state index in [1.807, 2.05) is 50.2 Å². The molecule has 1 aromatic heterocycles. The number of pyridine rings is 1. The first-order valence-corrected chi connectivity index (χ1v) is 9.01. The Bertz CT molecular complexity index is 769. The van der Waals surface area contributed by atoms with Crippen LogP contribution in [0.3, 0.4) is 0 Å². The largest absolute Gasteiger partial charge is 0.363 e. The smallest absolute Gasteiger partial charge is 0.225 e. The molecule has 2 aromatic rings. The van der Waals surface area contributed by atoms with Crippen molar-refractivity contribution < 1.29 is 4.79 Å². The fourth-order valence-electron chi connectivity index (χ4n) is 3.70. The number of hydrogen-bond acceptors (Lipinski definition) is 4. The van der Waals surface area contributed by atoms with E-state index in [0.717, 1.165) is 48.0 Å². The summed E-state index contributed by atoms with van der Waals surface area (Å²) in [6, 6.07) is 10.1. The number of nitrogens with zero attached hydrogens (tertiary/aromatic N) is 2. The van der Waals surface area contributed by atoms with Crippen molar-refractivity contribution in [2.45, 2.75) is 44.7 Å². The lowest BCUT2D eigenvalue weighted by Gasteiger charge is -2.37. The van der Waals surface area contributed by atoms with Crippen LogP contribution in [0.15, 0.2) is 30.3 Å². The molecule has 0 bridgehead atoms. The van der Waals surface area contributed by atoms with E-state index in [2.05, 4.69) is 16.4 Å². The molecular weight excluding hydrogens is 312 g/mol. The van der Waals surface area contributed by atoms with Gasteiger partial charge < -0.3 is 16.0 Å². The molecule has 1 aliphatic rings. The molecule has 134 valence electrons. The molecule has 0 radical (unpaired) electrons. The van der Waals surface area contributed by atoms with Crippen molar-refractivity contribution in [1.82, 2.24) is 10.3 Å². The molecule has 1 fully saturated rings. The highest BCUT2D eigenvalue weighted by Gasteiger charge is 2.37. The zero-order chi connectivity index (χ0) is 18.0. The van der Waals surface area contributed by atoms with Crippen molar-refractivity contribution in [1.29, 1.82) is 0 Å². The van der Waals surface area contributed by atoms with E-state index < -0.39 is 5.54 Å². The first-order chi connectivity index (χ1) is 11.9. The average Bonchev–Trinajstić information content (AvgIpc) is 2.58. The van der Waals surface area contributed by atoms with Gasteiger partial charge in [-0.2, -0.15) is 0 Å². The van der Waals surface area contributed by atoms with Crippen LogP contribution in [-0.2, 0) is 11.3 Å². The molecule has 5 nitrogen and oxygen atoms in total. The Hall–Kier alpha value is -2.14. The summed E-state index contributed by atoms with van der Waals surface area (Å²) in [5, 5.41) is 4.19. The molecule has 1 aliphatic carbocycles. The van der Waals surface area contributed by atoms with E-state index >= 15 is 0 Å². The Balaban J connectivity index is 1.82. The second-order valence-corrected chi connectivity index (χ2v) is 7.57. The molecule has 25 heavy (non-hydrogen) atoms. The standard InChI is InChI=1S/C20H28N4O/c1-20(21)11-7-6-9-16(20)19(25)22-13-14-12-18(24(2)3)23-17-10-5-4-8-15(14)17/h4-5,8,10,12,16H,6-7,9,11,13,21H2,1-3H3,(H,22,25). The van der Waals surface area contributed by atoms with E-state index in [1.54, 1.807) is 0 Å². The van der Waals surface area contributed by atoms with E-state index in [4.69, 9.17) is 5.73 Å². The third kappa shape index (κ3) is 3.76. The maximum absolute atomic E-state index is 12.7. The summed E-state index contributed by atoms with van der Waals surface area (Å²) in [5.74, 6) is 0.851. The third-order valence-corrected chi connectivity index (χ3v) is 5.27. The zero-order valence-corrected chi connectivity index (χ0v) is 15.4. The van der Waals surface area contributed by atoms with Crippen LogP contribution in [-0.4, -0.2) is 30.5 Å². The van der Waals surface area contributed by atoms with Gasteiger partial charge in [0.05, 0.1) is 11.4 Å². The summed E-state index contributed by atoms with van der Waals surface area (Å²) in [6.07, 6.45) is 3.97. The second-order valence-electron chi connectivity index (χ2n) is 7.57. The molecule has 1 amide bonds. The summed E-state index contributed by atoms with van der Waals surface area (Å²) >= 11 is 0. The summed E-state index contributed by atoms with van der Waals surface area (Å²) in [6.45, 7) is 2.50. The number of benzene rings is 1. The Morgan fingerprint density at radius 1 is 1.36 bits per heavy atom. The molecule has 0 spiro atoms. The van der Waals surface area contributed by atoms with Gasteiger partial charge in [0.25, 0.3) is 0 Å². The number of hydrogen-bond donors (Lipinski definition) is 2. The molecule has 1 saturated carbocycles. The van der Waals surface area contributed by atoms with Crippen LogP contribution in [0.1, 0.15) is 38.2 Å². The van der Waals surface area contributed by atoms with Crippen molar-refractivity contribution >= 4 is 22.6 Å². The van der Waals surface area contributed by atoms with Crippen LogP contribution in [0.5, 0.6) is 0 Å². The van der Waals surface area contributed by atoms with Crippen molar-refractivity contribution in [3.63, 3.8) is 0 Å². The Kier molecular flexibility index (Phi) is 4.95. The molecule has 1 aromatic carbocycles. The number of amides is 1. The van der Waals surface area contributed by atoms with Gasteiger partial charge in [0.2, 0.25) is 5.91 Å². The maximum atomic E-state index is 12.7. The SMILES string of the molecule is CN(C)c1cc(CNC(=O)C2CCCCC2(C)N)c2ccccc2n1. The third-order valence-electron chi connectivity index (χ3n) is 5.27. The summed E-state index contributed by atoms with van der Waals surface area (Å²) < 4.78 is 0. The Labute approximate surface area is 149 Å². The van der Waals surface area contributed by atoms with E-state index in [0.29, 0.717) is 6.54 Å². The number of nitrogens with one attached hydrogen (secondary N) is 1. The number of nitrogens with two attached hydrogens (primary N) is 1. The van der Waals surface area contributed by atoms with Crippen LogP contribution in [0.25, 0.3) is 10.9 Å². The maximum Gasteiger partial charge on any atom is 0.225 e. The van der Waals surface area contributed by atoms with Gasteiger partial charge in [0.15, 0.2) is 0 Å². The van der Waals surface area contributed by atoms with Crippen LogP contribution < -0.4 is 16.0 Å². The molecule has 2 atom stereocenters. The van der Waals surface area contributed by atoms with E-state index in [1.165, 1.54) is 0 Å². The van der Waals surface area contributed by atoms with Gasteiger partial charge in [-0.15, -0.1) is 0 Å². The monoisotopic (exact) mass is 340 g/mol. The van der Waals surface area contributed by atoms with Crippen LogP contribution >= 0.6 is 0 Å². The predicted molar refractivity (Wildman–Crippen MR) is 102 cm³/mol. The minimum Gasteiger partial charge on any atom is -0.363 e. The molecule has 0 saturated heterocycles. The lowest BCUT2D eigenvalue weighted by atomic mass is 9.74. The minimum atomic E-state index is -0.405. The molecular formula is C20H28N4O. The Morgan fingerprint density at radius 2 is 2.12 bits per heavy atom. The number of aromatic nitrogens is 1. The van der Waals surface area contributed by atoms with Crippen molar-refractivity contribution in [2.75, 3.05) is 19.0 Å². The van der Waals surface area contributed by atoms with Gasteiger partial charge in [-0.3, -0.25) is 4.79 Å². The average molecular weight is 340 g/mol. The minimum absolute atomic E-state index is 0.0667. The first-order valence-electron chi connectivity index (χ1n) is 9.01. The first kappa shape index (κ1) is 17.7. The second kappa shape index (κ2) is 7.00. The number of anilines is 1. The van der Waals surface area contributed by atoms with Crippen LogP contribution in [0.2, 0.25) is 0 Å². The lowest BCUT2D eigenvalue weighted by Crippen LogP contribution is -2.52. The van der Waals surface area contributed by atoms with Gasteiger partial charge in [0.1, 0.15) is 5.82 Å². The molecule has 3 N–H and O–H groups in total. The van der Waals surface area contributed by atoms with Gasteiger partial charge >= 0.3 is 0 Å². The molecule has 1 heterocycles. The highest BCUT2D eigenvalue weighted by atomic mass is 16.1.